The Hall–Kier alpha value is -2.24. The SMILES string of the molecule is COc1ccc(C(C)N(C)C(=O)NCCCC(=O)O)cc1. The fraction of sp³-hybridized carbons (Fsp3) is 0.467. The highest BCUT2D eigenvalue weighted by Gasteiger charge is 2.16. The molecule has 1 aromatic carbocycles. The Morgan fingerprint density at radius 1 is 1.33 bits per heavy atom. The van der Waals surface area contributed by atoms with Gasteiger partial charge in [0.2, 0.25) is 0 Å². The smallest absolute Gasteiger partial charge is 0.317 e. The number of amides is 2. The van der Waals surface area contributed by atoms with Crippen molar-refractivity contribution in [3.05, 3.63) is 29.8 Å². The van der Waals surface area contributed by atoms with Crippen molar-refractivity contribution in [3.8, 4) is 5.75 Å². The molecule has 6 heteroatoms. The summed E-state index contributed by atoms with van der Waals surface area (Å²) in [6.07, 6.45) is 0.476. The number of hydrogen-bond acceptors (Lipinski definition) is 3. The first-order chi connectivity index (χ1) is 9.95. The molecule has 0 aromatic heterocycles. The Morgan fingerprint density at radius 2 is 1.95 bits per heavy atom. The van der Waals surface area contributed by atoms with Crippen molar-refractivity contribution in [2.75, 3.05) is 20.7 Å². The van der Waals surface area contributed by atoms with Crippen LogP contribution in [0.1, 0.15) is 31.4 Å². The third-order valence-electron chi connectivity index (χ3n) is 3.34. The predicted molar refractivity (Wildman–Crippen MR) is 79.4 cm³/mol. The summed E-state index contributed by atoms with van der Waals surface area (Å²) in [6, 6.07) is 7.23. The first-order valence-electron chi connectivity index (χ1n) is 6.82. The fourth-order valence-corrected chi connectivity index (χ4v) is 1.84. The molecule has 0 radical (unpaired) electrons. The van der Waals surface area contributed by atoms with Gasteiger partial charge in [-0.2, -0.15) is 0 Å². The van der Waals surface area contributed by atoms with Gasteiger partial charge in [-0.05, 0) is 31.0 Å². The van der Waals surface area contributed by atoms with Crippen LogP contribution in [-0.4, -0.2) is 42.7 Å². The lowest BCUT2D eigenvalue weighted by atomic mass is 10.1. The summed E-state index contributed by atoms with van der Waals surface area (Å²) in [7, 11) is 3.32. The standard InChI is InChI=1S/C15H22N2O4/c1-11(12-6-8-13(21-3)9-7-12)17(2)15(20)16-10-4-5-14(18)19/h6-9,11H,4-5,10H2,1-3H3,(H,16,20)(H,18,19). The lowest BCUT2D eigenvalue weighted by molar-refractivity contribution is -0.137. The summed E-state index contributed by atoms with van der Waals surface area (Å²) in [5.41, 5.74) is 0.999. The highest BCUT2D eigenvalue weighted by molar-refractivity contribution is 5.74. The summed E-state index contributed by atoms with van der Waals surface area (Å²) in [5, 5.41) is 11.2. The zero-order valence-corrected chi connectivity index (χ0v) is 12.6. The number of benzene rings is 1. The van der Waals surface area contributed by atoms with E-state index in [2.05, 4.69) is 5.32 Å². The number of carboxylic acid groups (broad SMARTS) is 1. The average molecular weight is 294 g/mol. The van der Waals surface area contributed by atoms with Crippen molar-refractivity contribution in [2.24, 2.45) is 0 Å². The maximum atomic E-state index is 12.0. The Kier molecular flexibility index (Phi) is 6.52. The molecule has 2 N–H and O–H groups in total. The Labute approximate surface area is 124 Å². The number of carbonyl (C=O) groups excluding carboxylic acids is 1. The molecule has 0 saturated heterocycles. The molecule has 21 heavy (non-hydrogen) atoms. The van der Waals surface area contributed by atoms with E-state index in [4.69, 9.17) is 9.84 Å². The van der Waals surface area contributed by atoms with E-state index in [1.807, 2.05) is 31.2 Å². The maximum Gasteiger partial charge on any atom is 0.317 e. The zero-order chi connectivity index (χ0) is 15.8. The summed E-state index contributed by atoms with van der Waals surface area (Å²) >= 11 is 0. The third kappa shape index (κ3) is 5.33. The molecule has 0 aliphatic carbocycles. The van der Waals surface area contributed by atoms with Crippen molar-refractivity contribution in [3.63, 3.8) is 0 Å². The number of ether oxygens (including phenoxy) is 1. The van der Waals surface area contributed by atoms with Crippen LogP contribution in [-0.2, 0) is 4.79 Å². The lowest BCUT2D eigenvalue weighted by Crippen LogP contribution is -2.39. The first kappa shape index (κ1) is 16.8. The van der Waals surface area contributed by atoms with Gasteiger partial charge in [0, 0.05) is 20.0 Å². The molecule has 2 amide bonds. The van der Waals surface area contributed by atoms with Crippen molar-refractivity contribution < 1.29 is 19.4 Å². The molecule has 0 spiro atoms. The first-order valence-corrected chi connectivity index (χ1v) is 6.82. The van der Waals surface area contributed by atoms with Gasteiger partial charge in [0.25, 0.3) is 0 Å². The monoisotopic (exact) mass is 294 g/mol. The normalized spacial score (nSPS) is 11.6. The number of methoxy groups -OCH3 is 1. The van der Waals surface area contributed by atoms with Crippen LogP contribution in [0, 0.1) is 0 Å². The Bertz CT molecular complexity index is 473. The van der Waals surface area contributed by atoms with Crippen molar-refractivity contribution in [1.82, 2.24) is 10.2 Å². The van der Waals surface area contributed by atoms with Gasteiger partial charge in [-0.15, -0.1) is 0 Å². The quantitative estimate of drug-likeness (QED) is 0.756. The minimum atomic E-state index is -0.857. The number of nitrogens with one attached hydrogen (secondary N) is 1. The van der Waals surface area contributed by atoms with Gasteiger partial charge in [-0.25, -0.2) is 4.79 Å². The van der Waals surface area contributed by atoms with Gasteiger partial charge < -0.3 is 20.1 Å². The molecule has 0 aliphatic heterocycles. The van der Waals surface area contributed by atoms with Crippen LogP contribution in [0.2, 0.25) is 0 Å². The van der Waals surface area contributed by atoms with Gasteiger partial charge in [0.1, 0.15) is 5.75 Å². The fourth-order valence-electron chi connectivity index (χ4n) is 1.84. The summed E-state index contributed by atoms with van der Waals surface area (Å²) in [4.78, 5) is 23.9. The largest absolute Gasteiger partial charge is 0.497 e. The molecule has 1 rings (SSSR count). The molecule has 1 unspecified atom stereocenters. The van der Waals surface area contributed by atoms with Gasteiger partial charge in [-0.1, -0.05) is 12.1 Å². The van der Waals surface area contributed by atoms with Crippen LogP contribution in [0.3, 0.4) is 0 Å². The second-order valence-electron chi connectivity index (χ2n) is 4.79. The number of rotatable bonds is 7. The number of urea groups is 1. The highest BCUT2D eigenvalue weighted by Crippen LogP contribution is 2.21. The molecule has 6 nitrogen and oxygen atoms in total. The minimum absolute atomic E-state index is 0.0536. The Morgan fingerprint density at radius 3 is 2.48 bits per heavy atom. The Balaban J connectivity index is 2.49. The highest BCUT2D eigenvalue weighted by atomic mass is 16.5. The number of carboxylic acids is 1. The summed E-state index contributed by atoms with van der Waals surface area (Å²) < 4.78 is 5.10. The van der Waals surface area contributed by atoms with E-state index in [1.54, 1.807) is 19.1 Å². The van der Waals surface area contributed by atoms with Crippen LogP contribution in [0.25, 0.3) is 0 Å². The lowest BCUT2D eigenvalue weighted by Gasteiger charge is -2.25. The number of aliphatic carboxylic acids is 1. The van der Waals surface area contributed by atoms with E-state index >= 15 is 0 Å². The topological polar surface area (TPSA) is 78.9 Å². The number of nitrogens with zero attached hydrogens (tertiary/aromatic N) is 1. The van der Waals surface area contributed by atoms with E-state index in [0.717, 1.165) is 11.3 Å². The molecular formula is C15H22N2O4. The molecule has 1 atom stereocenters. The average Bonchev–Trinajstić information content (AvgIpc) is 2.49. The van der Waals surface area contributed by atoms with E-state index in [0.29, 0.717) is 13.0 Å². The third-order valence-corrected chi connectivity index (χ3v) is 3.34. The second-order valence-corrected chi connectivity index (χ2v) is 4.79. The van der Waals surface area contributed by atoms with Gasteiger partial charge in [0.15, 0.2) is 0 Å². The summed E-state index contributed by atoms with van der Waals surface area (Å²) in [5.74, 6) is -0.0871. The maximum absolute atomic E-state index is 12.0. The van der Waals surface area contributed by atoms with Crippen LogP contribution in [0.15, 0.2) is 24.3 Å². The molecule has 0 bridgehead atoms. The molecule has 1 aromatic rings. The van der Waals surface area contributed by atoms with Crippen molar-refractivity contribution in [2.45, 2.75) is 25.8 Å². The molecule has 0 heterocycles. The van der Waals surface area contributed by atoms with E-state index in [1.165, 1.54) is 0 Å². The van der Waals surface area contributed by atoms with Crippen LogP contribution in [0.5, 0.6) is 5.75 Å². The number of hydrogen-bond donors (Lipinski definition) is 2. The van der Waals surface area contributed by atoms with E-state index in [9.17, 15) is 9.59 Å². The summed E-state index contributed by atoms with van der Waals surface area (Å²) in [6.45, 7) is 2.28. The van der Waals surface area contributed by atoms with Gasteiger partial charge in [-0.3, -0.25) is 4.79 Å². The number of carbonyl (C=O) groups is 2. The molecule has 0 fully saturated rings. The molecule has 0 aliphatic rings. The van der Waals surface area contributed by atoms with Crippen LogP contribution >= 0.6 is 0 Å². The van der Waals surface area contributed by atoms with Crippen molar-refractivity contribution >= 4 is 12.0 Å². The molecule has 0 saturated carbocycles. The van der Waals surface area contributed by atoms with E-state index < -0.39 is 5.97 Å². The van der Waals surface area contributed by atoms with Gasteiger partial charge >= 0.3 is 12.0 Å². The minimum Gasteiger partial charge on any atom is -0.497 e. The second kappa shape index (κ2) is 8.14. The zero-order valence-electron chi connectivity index (χ0n) is 12.6. The molecule has 116 valence electrons. The van der Waals surface area contributed by atoms with Gasteiger partial charge in [0.05, 0.1) is 13.2 Å². The van der Waals surface area contributed by atoms with Crippen LogP contribution < -0.4 is 10.1 Å². The van der Waals surface area contributed by atoms with E-state index in [-0.39, 0.29) is 18.5 Å². The van der Waals surface area contributed by atoms with Crippen LogP contribution in [0.4, 0.5) is 4.79 Å². The molecular weight excluding hydrogens is 272 g/mol. The van der Waals surface area contributed by atoms with Crippen molar-refractivity contribution in [1.29, 1.82) is 0 Å². The predicted octanol–water partition coefficient (Wildman–Crippen LogP) is 2.26.